The van der Waals surface area contributed by atoms with Crippen LogP contribution in [-0.4, -0.2) is 14.9 Å². The summed E-state index contributed by atoms with van der Waals surface area (Å²) in [5.41, 5.74) is 9.58. The molecule has 21 heavy (non-hydrogen) atoms. The highest BCUT2D eigenvalue weighted by Crippen LogP contribution is 2.27. The van der Waals surface area contributed by atoms with Gasteiger partial charge < -0.3 is 5.73 Å². The molecule has 3 aromatic rings. The molecule has 0 spiro atoms. The third-order valence-electron chi connectivity index (χ3n) is 3.13. The summed E-state index contributed by atoms with van der Waals surface area (Å²) in [6.45, 7) is 0. The maximum Gasteiger partial charge on any atom is 0.191 e. The second-order valence-electron chi connectivity index (χ2n) is 4.54. The van der Waals surface area contributed by atoms with Crippen LogP contribution < -0.4 is 5.73 Å². The van der Waals surface area contributed by atoms with Crippen LogP contribution in [0.4, 0.5) is 0 Å². The van der Waals surface area contributed by atoms with Gasteiger partial charge in [0.05, 0.1) is 11.4 Å². The van der Waals surface area contributed by atoms with Crippen LogP contribution in [0.2, 0.25) is 0 Å². The fourth-order valence-electron chi connectivity index (χ4n) is 2.13. The zero-order valence-electron chi connectivity index (χ0n) is 11.0. The molecule has 0 saturated heterocycles. The third kappa shape index (κ3) is 2.89. The predicted molar refractivity (Wildman–Crippen MR) is 93.0 cm³/mol. The van der Waals surface area contributed by atoms with Crippen molar-refractivity contribution < 1.29 is 0 Å². The molecule has 0 aliphatic heterocycles. The Morgan fingerprint density at radius 1 is 1.00 bits per heavy atom. The van der Waals surface area contributed by atoms with E-state index in [9.17, 15) is 0 Å². The molecule has 0 aliphatic carbocycles. The van der Waals surface area contributed by atoms with Gasteiger partial charge in [-0.3, -0.25) is 0 Å². The van der Waals surface area contributed by atoms with Crippen molar-refractivity contribution >= 4 is 33.3 Å². The van der Waals surface area contributed by atoms with E-state index in [1.165, 1.54) is 0 Å². The quantitative estimate of drug-likeness (QED) is 0.703. The Balaban J connectivity index is 2.14. The minimum Gasteiger partial charge on any atom is -0.374 e. The van der Waals surface area contributed by atoms with Crippen LogP contribution in [0, 0.1) is 0 Å². The number of hydrogen-bond donors (Lipinski definition) is 1. The summed E-state index contributed by atoms with van der Waals surface area (Å²) in [7, 11) is 0. The highest BCUT2D eigenvalue weighted by Gasteiger charge is 2.12. The van der Waals surface area contributed by atoms with Crippen LogP contribution in [-0.2, 0) is 0 Å². The van der Waals surface area contributed by atoms with Gasteiger partial charge in [0.25, 0.3) is 0 Å². The molecule has 1 heterocycles. The van der Waals surface area contributed by atoms with Crippen LogP contribution in [0.5, 0.6) is 0 Å². The molecule has 0 atom stereocenters. The molecule has 0 aliphatic rings. The van der Waals surface area contributed by atoms with Crippen LogP contribution in [0.3, 0.4) is 0 Å². The first-order valence-corrected chi connectivity index (χ1v) is 7.56. The molecule has 0 bridgehead atoms. The van der Waals surface area contributed by atoms with Gasteiger partial charge in [-0.2, -0.15) is 5.10 Å². The summed E-state index contributed by atoms with van der Waals surface area (Å²) in [6.07, 6.45) is 0. The number of nitrogens with zero attached hydrogens (tertiary/aromatic N) is 2. The van der Waals surface area contributed by atoms with E-state index < -0.39 is 0 Å². The lowest BCUT2D eigenvalue weighted by Gasteiger charge is -2.04. The Hall–Kier alpha value is -1.98. The first kappa shape index (κ1) is 14.0. The lowest BCUT2D eigenvalue weighted by atomic mass is 10.1. The molecule has 3 rings (SSSR count). The van der Waals surface area contributed by atoms with E-state index in [4.69, 9.17) is 18.0 Å². The lowest BCUT2D eigenvalue weighted by molar-refractivity contribution is 0.951. The van der Waals surface area contributed by atoms with E-state index in [1.807, 2.05) is 60.7 Å². The van der Waals surface area contributed by atoms with E-state index in [0.29, 0.717) is 0 Å². The van der Waals surface area contributed by atoms with Crippen LogP contribution in [0.1, 0.15) is 0 Å². The average molecular weight is 358 g/mol. The van der Waals surface area contributed by atoms with Gasteiger partial charge >= 0.3 is 0 Å². The van der Waals surface area contributed by atoms with Crippen LogP contribution in [0.25, 0.3) is 22.5 Å². The van der Waals surface area contributed by atoms with Crippen molar-refractivity contribution in [2.24, 2.45) is 5.73 Å². The van der Waals surface area contributed by atoms with Crippen molar-refractivity contribution in [1.82, 2.24) is 9.78 Å². The number of thiocarbonyl (C=S) groups is 1. The molecule has 5 heteroatoms. The Morgan fingerprint density at radius 2 is 1.67 bits per heavy atom. The van der Waals surface area contributed by atoms with Crippen molar-refractivity contribution in [1.29, 1.82) is 0 Å². The fraction of sp³-hybridized carbons (Fsp3) is 0. The number of hydrogen-bond acceptors (Lipinski definition) is 2. The monoisotopic (exact) mass is 357 g/mol. The SMILES string of the molecule is NC(=S)n1nc(-c2ccccc2)cc1-c1ccc(Br)cc1. The molecule has 0 amide bonds. The van der Waals surface area contributed by atoms with Gasteiger partial charge in [0.2, 0.25) is 0 Å². The van der Waals surface area contributed by atoms with Crippen LogP contribution in [0.15, 0.2) is 65.1 Å². The molecule has 2 aromatic carbocycles. The molecule has 2 N–H and O–H groups in total. The van der Waals surface area contributed by atoms with Crippen molar-refractivity contribution in [3.05, 3.63) is 65.1 Å². The number of benzene rings is 2. The van der Waals surface area contributed by atoms with Gasteiger partial charge in [-0.15, -0.1) is 0 Å². The summed E-state index contributed by atoms with van der Waals surface area (Å²) in [6, 6.07) is 19.9. The molecular weight excluding hydrogens is 346 g/mol. The summed E-state index contributed by atoms with van der Waals surface area (Å²) < 4.78 is 2.62. The second-order valence-corrected chi connectivity index (χ2v) is 5.87. The highest BCUT2D eigenvalue weighted by atomic mass is 79.9. The average Bonchev–Trinajstić information content (AvgIpc) is 2.94. The maximum atomic E-state index is 5.80. The minimum atomic E-state index is 0.232. The number of aromatic nitrogens is 2. The summed E-state index contributed by atoms with van der Waals surface area (Å²) >= 11 is 8.54. The van der Waals surface area contributed by atoms with E-state index in [-0.39, 0.29) is 5.11 Å². The van der Waals surface area contributed by atoms with Gasteiger partial charge in [-0.25, -0.2) is 4.68 Å². The summed E-state index contributed by atoms with van der Waals surface area (Å²) in [4.78, 5) is 0. The van der Waals surface area contributed by atoms with Gasteiger partial charge in [0, 0.05) is 15.6 Å². The molecule has 0 unspecified atom stereocenters. The van der Waals surface area contributed by atoms with Crippen molar-refractivity contribution in [3.63, 3.8) is 0 Å². The normalized spacial score (nSPS) is 10.5. The zero-order valence-corrected chi connectivity index (χ0v) is 13.4. The number of halogens is 1. The third-order valence-corrected chi connectivity index (χ3v) is 3.83. The van der Waals surface area contributed by atoms with E-state index in [1.54, 1.807) is 4.68 Å². The minimum absolute atomic E-state index is 0.232. The lowest BCUT2D eigenvalue weighted by Crippen LogP contribution is -2.21. The maximum absolute atomic E-state index is 5.80. The highest BCUT2D eigenvalue weighted by molar-refractivity contribution is 9.10. The molecule has 3 nitrogen and oxygen atoms in total. The zero-order chi connectivity index (χ0) is 14.8. The molecule has 0 saturated carbocycles. The molecule has 104 valence electrons. The first-order valence-electron chi connectivity index (χ1n) is 6.36. The Bertz CT molecular complexity index is 779. The Morgan fingerprint density at radius 3 is 2.29 bits per heavy atom. The van der Waals surface area contributed by atoms with E-state index in [0.717, 1.165) is 27.0 Å². The second kappa shape index (κ2) is 5.79. The molecule has 0 fully saturated rings. The van der Waals surface area contributed by atoms with Gasteiger partial charge in [-0.05, 0) is 30.4 Å². The van der Waals surface area contributed by atoms with Crippen molar-refractivity contribution in [3.8, 4) is 22.5 Å². The number of nitrogens with two attached hydrogens (primary N) is 1. The standard InChI is InChI=1S/C16H12BrN3S/c17-13-8-6-12(7-9-13)15-10-14(19-20(15)16(18)21)11-4-2-1-3-5-11/h1-10H,(H2,18,21). The molecular formula is C16H12BrN3S. The molecule has 1 aromatic heterocycles. The summed E-state index contributed by atoms with van der Waals surface area (Å²) in [5.74, 6) is 0. The summed E-state index contributed by atoms with van der Waals surface area (Å²) in [5, 5.41) is 4.75. The van der Waals surface area contributed by atoms with Gasteiger partial charge in [-0.1, -0.05) is 58.4 Å². The smallest absolute Gasteiger partial charge is 0.191 e. The largest absolute Gasteiger partial charge is 0.374 e. The van der Waals surface area contributed by atoms with Gasteiger partial charge in [0.1, 0.15) is 0 Å². The van der Waals surface area contributed by atoms with Crippen molar-refractivity contribution in [2.75, 3.05) is 0 Å². The predicted octanol–water partition coefficient (Wildman–Crippen LogP) is 4.07. The fourth-order valence-corrected chi connectivity index (χ4v) is 2.53. The van der Waals surface area contributed by atoms with Crippen molar-refractivity contribution in [2.45, 2.75) is 0 Å². The van der Waals surface area contributed by atoms with E-state index >= 15 is 0 Å². The molecule has 0 radical (unpaired) electrons. The topological polar surface area (TPSA) is 43.8 Å². The first-order chi connectivity index (χ1) is 10.1. The Kier molecular flexibility index (Phi) is 3.86. The number of rotatable bonds is 2. The van der Waals surface area contributed by atoms with E-state index in [2.05, 4.69) is 21.0 Å². The van der Waals surface area contributed by atoms with Gasteiger partial charge in [0.15, 0.2) is 5.11 Å². The van der Waals surface area contributed by atoms with Crippen LogP contribution >= 0.6 is 28.1 Å². The Labute approximate surface area is 136 Å².